The summed E-state index contributed by atoms with van der Waals surface area (Å²) in [7, 11) is 0. The molecule has 2 unspecified atom stereocenters. The van der Waals surface area contributed by atoms with Crippen molar-refractivity contribution in [2.75, 3.05) is 13.1 Å². The highest BCUT2D eigenvalue weighted by atomic mass is 16.6. The van der Waals surface area contributed by atoms with Gasteiger partial charge in [-0.3, -0.25) is 14.5 Å². The lowest BCUT2D eigenvalue weighted by Gasteiger charge is -2.27. The molecule has 3 heterocycles. The molecule has 1 aromatic heterocycles. The van der Waals surface area contributed by atoms with E-state index in [1.807, 2.05) is 0 Å². The Morgan fingerprint density at radius 2 is 2.14 bits per heavy atom. The van der Waals surface area contributed by atoms with Crippen molar-refractivity contribution in [3.63, 3.8) is 0 Å². The van der Waals surface area contributed by atoms with Gasteiger partial charge in [-0.1, -0.05) is 5.16 Å². The Labute approximate surface area is 163 Å². The molecule has 2 aliphatic heterocycles. The third-order valence-electron chi connectivity index (χ3n) is 4.69. The first kappa shape index (κ1) is 20.1. The van der Waals surface area contributed by atoms with E-state index >= 15 is 0 Å². The maximum Gasteiger partial charge on any atom is 0.410 e. The van der Waals surface area contributed by atoms with Crippen LogP contribution in [-0.2, 0) is 20.9 Å². The van der Waals surface area contributed by atoms with Crippen molar-refractivity contribution < 1.29 is 23.6 Å². The van der Waals surface area contributed by atoms with Gasteiger partial charge in [-0.15, -0.1) is 0 Å². The lowest BCUT2D eigenvalue weighted by atomic mass is 9.97. The average molecular weight is 393 g/mol. The van der Waals surface area contributed by atoms with Gasteiger partial charge in [0.15, 0.2) is 5.82 Å². The van der Waals surface area contributed by atoms with Gasteiger partial charge < -0.3 is 19.9 Å². The highest BCUT2D eigenvalue weighted by Crippen LogP contribution is 2.23. The second-order valence-electron chi connectivity index (χ2n) is 8.14. The van der Waals surface area contributed by atoms with Crippen molar-refractivity contribution in [2.45, 2.75) is 70.6 Å². The van der Waals surface area contributed by atoms with Crippen molar-refractivity contribution in [1.82, 2.24) is 25.7 Å². The fourth-order valence-corrected chi connectivity index (χ4v) is 3.37. The molecule has 10 heteroatoms. The molecule has 0 aromatic carbocycles. The lowest BCUT2D eigenvalue weighted by Crippen LogP contribution is -2.47. The molecule has 3 amide bonds. The normalized spacial score (nSPS) is 22.7. The minimum absolute atomic E-state index is 0.0284. The van der Waals surface area contributed by atoms with Crippen LogP contribution >= 0.6 is 0 Å². The molecule has 1 aromatic rings. The van der Waals surface area contributed by atoms with Gasteiger partial charge in [0.25, 0.3) is 0 Å². The van der Waals surface area contributed by atoms with E-state index in [1.54, 1.807) is 20.8 Å². The number of ether oxygens (including phenoxy) is 1. The van der Waals surface area contributed by atoms with E-state index in [4.69, 9.17) is 9.26 Å². The zero-order valence-electron chi connectivity index (χ0n) is 16.5. The van der Waals surface area contributed by atoms with Gasteiger partial charge in [0.05, 0.1) is 6.54 Å². The summed E-state index contributed by atoms with van der Waals surface area (Å²) >= 11 is 0. The molecule has 2 fully saturated rings. The van der Waals surface area contributed by atoms with E-state index in [-0.39, 0.29) is 30.2 Å². The molecular formula is C18H27N5O5. The van der Waals surface area contributed by atoms with Crippen LogP contribution in [0.2, 0.25) is 0 Å². The largest absolute Gasteiger partial charge is 0.444 e. The van der Waals surface area contributed by atoms with Crippen molar-refractivity contribution in [3.8, 4) is 0 Å². The molecule has 2 saturated heterocycles. The maximum absolute atomic E-state index is 12.5. The van der Waals surface area contributed by atoms with Gasteiger partial charge >= 0.3 is 6.09 Å². The standard InChI is InChI=1S/C18H27N5O5/c1-18(2,3)27-17(26)23-8-4-5-12(23)16(25)20-10-14-21-15(22-28-14)11-6-7-19-13(24)9-11/h11-12H,4-10H2,1-3H3,(H,19,24)(H,20,25). The number of rotatable bonds is 4. The number of piperidine rings is 1. The van der Waals surface area contributed by atoms with Crippen LogP contribution in [0.5, 0.6) is 0 Å². The van der Waals surface area contributed by atoms with Gasteiger partial charge in [-0.2, -0.15) is 4.98 Å². The first-order chi connectivity index (χ1) is 13.2. The van der Waals surface area contributed by atoms with Gasteiger partial charge in [0.2, 0.25) is 17.7 Å². The quantitative estimate of drug-likeness (QED) is 0.783. The summed E-state index contributed by atoms with van der Waals surface area (Å²) in [5, 5.41) is 9.44. The first-order valence-corrected chi connectivity index (χ1v) is 9.59. The Morgan fingerprint density at radius 1 is 1.36 bits per heavy atom. The zero-order valence-corrected chi connectivity index (χ0v) is 16.5. The first-order valence-electron chi connectivity index (χ1n) is 9.59. The fourth-order valence-electron chi connectivity index (χ4n) is 3.37. The summed E-state index contributed by atoms with van der Waals surface area (Å²) < 4.78 is 10.6. The molecule has 0 spiro atoms. The average Bonchev–Trinajstić information content (AvgIpc) is 3.28. The molecule has 154 valence electrons. The Morgan fingerprint density at radius 3 is 2.86 bits per heavy atom. The molecule has 2 atom stereocenters. The van der Waals surface area contributed by atoms with Crippen LogP contribution in [0.25, 0.3) is 0 Å². The summed E-state index contributed by atoms with van der Waals surface area (Å²) in [5.41, 5.74) is -0.614. The molecule has 2 aliphatic rings. The Balaban J connectivity index is 1.53. The zero-order chi connectivity index (χ0) is 20.3. The summed E-state index contributed by atoms with van der Waals surface area (Å²) in [5.74, 6) is 0.380. The van der Waals surface area contributed by atoms with Gasteiger partial charge in [0, 0.05) is 25.4 Å². The Hall–Kier alpha value is -2.65. The van der Waals surface area contributed by atoms with Crippen LogP contribution < -0.4 is 10.6 Å². The molecule has 0 aliphatic carbocycles. The number of nitrogens with zero attached hydrogens (tertiary/aromatic N) is 3. The van der Waals surface area contributed by atoms with Crippen LogP contribution in [0.4, 0.5) is 4.79 Å². The number of hydrogen-bond donors (Lipinski definition) is 2. The number of carbonyl (C=O) groups excluding carboxylic acids is 3. The van der Waals surface area contributed by atoms with Crippen LogP contribution in [0.1, 0.15) is 64.1 Å². The summed E-state index contributed by atoms with van der Waals surface area (Å²) in [6, 6.07) is -0.570. The van der Waals surface area contributed by atoms with Gasteiger partial charge in [0.1, 0.15) is 11.6 Å². The molecule has 28 heavy (non-hydrogen) atoms. The highest BCUT2D eigenvalue weighted by molar-refractivity contribution is 5.86. The number of aromatic nitrogens is 2. The SMILES string of the molecule is CC(C)(C)OC(=O)N1CCCC1C(=O)NCc1nc(C2CCNC(=O)C2)no1. The van der Waals surface area contributed by atoms with Crippen LogP contribution in [-0.4, -0.2) is 57.7 Å². The summed E-state index contributed by atoms with van der Waals surface area (Å²) in [6.07, 6.45) is 1.92. The van der Waals surface area contributed by atoms with E-state index < -0.39 is 17.7 Å². The Bertz CT molecular complexity index is 741. The van der Waals surface area contributed by atoms with Crippen molar-refractivity contribution in [2.24, 2.45) is 0 Å². The molecular weight excluding hydrogens is 366 g/mol. The van der Waals surface area contributed by atoms with Gasteiger partial charge in [-0.05, 0) is 40.0 Å². The maximum atomic E-state index is 12.5. The third kappa shape index (κ3) is 4.99. The third-order valence-corrected chi connectivity index (χ3v) is 4.69. The molecule has 2 N–H and O–H groups in total. The predicted molar refractivity (Wildman–Crippen MR) is 97.1 cm³/mol. The topological polar surface area (TPSA) is 127 Å². The van der Waals surface area contributed by atoms with E-state index in [0.717, 1.165) is 12.8 Å². The highest BCUT2D eigenvalue weighted by Gasteiger charge is 2.36. The molecule has 0 saturated carbocycles. The fraction of sp³-hybridized carbons (Fsp3) is 0.722. The van der Waals surface area contributed by atoms with E-state index in [9.17, 15) is 14.4 Å². The van der Waals surface area contributed by atoms with Crippen molar-refractivity contribution in [1.29, 1.82) is 0 Å². The second-order valence-corrected chi connectivity index (χ2v) is 8.14. The van der Waals surface area contributed by atoms with E-state index in [2.05, 4.69) is 20.8 Å². The summed E-state index contributed by atoms with van der Waals surface area (Å²) in [6.45, 7) is 6.52. The molecule has 0 radical (unpaired) electrons. The van der Waals surface area contributed by atoms with E-state index in [1.165, 1.54) is 4.90 Å². The van der Waals surface area contributed by atoms with Crippen LogP contribution in [0.15, 0.2) is 4.52 Å². The van der Waals surface area contributed by atoms with Crippen LogP contribution in [0, 0.1) is 0 Å². The number of nitrogens with one attached hydrogen (secondary N) is 2. The second kappa shape index (κ2) is 8.15. The predicted octanol–water partition coefficient (Wildman–Crippen LogP) is 1.08. The van der Waals surface area contributed by atoms with Crippen molar-refractivity contribution >= 4 is 17.9 Å². The molecule has 10 nitrogen and oxygen atoms in total. The van der Waals surface area contributed by atoms with Crippen molar-refractivity contribution in [3.05, 3.63) is 11.7 Å². The summed E-state index contributed by atoms with van der Waals surface area (Å²) in [4.78, 5) is 42.1. The number of carbonyl (C=O) groups is 3. The Kier molecular flexibility index (Phi) is 5.85. The lowest BCUT2D eigenvalue weighted by molar-refractivity contribution is -0.125. The van der Waals surface area contributed by atoms with E-state index in [0.29, 0.717) is 31.8 Å². The monoisotopic (exact) mass is 393 g/mol. The van der Waals surface area contributed by atoms with Gasteiger partial charge in [-0.25, -0.2) is 4.79 Å². The minimum atomic E-state index is -0.614. The van der Waals surface area contributed by atoms with Crippen LogP contribution in [0.3, 0.4) is 0 Å². The minimum Gasteiger partial charge on any atom is -0.444 e. The number of hydrogen-bond acceptors (Lipinski definition) is 7. The number of amides is 3. The molecule has 0 bridgehead atoms. The smallest absolute Gasteiger partial charge is 0.410 e. The number of likely N-dealkylation sites (tertiary alicyclic amines) is 1. The molecule has 3 rings (SSSR count).